The fraction of sp³-hybridized carbons (Fsp3) is 0.385. The molecule has 1 aromatic rings. The molecule has 0 fully saturated rings. The number of nitrogen functional groups attached to an aromatic ring is 1. The molecule has 0 saturated carbocycles. The molecule has 1 rings (SSSR count). The molecule has 0 saturated heterocycles. The number of hydrogen-bond donors (Lipinski definition) is 2. The summed E-state index contributed by atoms with van der Waals surface area (Å²) in [5.74, 6) is -0.754. The molecule has 0 spiro atoms. The van der Waals surface area contributed by atoms with Crippen LogP contribution >= 0.6 is 11.6 Å². The zero-order chi connectivity index (χ0) is 14.4. The highest BCUT2D eigenvalue weighted by Gasteiger charge is 2.14. The Bertz CT molecular complexity index is 475. The Hall–Kier alpha value is -1.75. The maximum Gasteiger partial charge on any atom is 0.339 e. The summed E-state index contributed by atoms with van der Waals surface area (Å²) in [6, 6.07) is 4.79. The van der Waals surface area contributed by atoms with Gasteiger partial charge in [0.1, 0.15) is 6.61 Å². The Kier molecular flexibility index (Phi) is 5.63. The van der Waals surface area contributed by atoms with E-state index in [2.05, 4.69) is 5.32 Å². The summed E-state index contributed by atoms with van der Waals surface area (Å²) in [4.78, 5) is 23.1. The van der Waals surface area contributed by atoms with Crippen LogP contribution < -0.4 is 11.1 Å². The minimum Gasteiger partial charge on any atom is -0.462 e. The first-order chi connectivity index (χ1) is 8.91. The molecule has 6 heteroatoms. The van der Waals surface area contributed by atoms with E-state index in [0.717, 1.165) is 0 Å². The van der Waals surface area contributed by atoms with Crippen LogP contribution in [0.15, 0.2) is 18.2 Å². The predicted molar refractivity (Wildman–Crippen MR) is 74.0 cm³/mol. The van der Waals surface area contributed by atoms with Gasteiger partial charge in [0.25, 0.3) is 0 Å². The van der Waals surface area contributed by atoms with Crippen molar-refractivity contribution >= 4 is 29.2 Å². The molecule has 1 aromatic carbocycles. The van der Waals surface area contributed by atoms with Crippen molar-refractivity contribution in [1.29, 1.82) is 0 Å². The molecule has 0 heterocycles. The molecule has 0 bridgehead atoms. The Morgan fingerprint density at radius 1 is 1.42 bits per heavy atom. The molecule has 1 amide bonds. The van der Waals surface area contributed by atoms with E-state index in [-0.39, 0.29) is 35.6 Å². The summed E-state index contributed by atoms with van der Waals surface area (Å²) in [5.41, 5.74) is 6.10. The maximum atomic E-state index is 11.7. The summed E-state index contributed by atoms with van der Waals surface area (Å²) in [6.07, 6.45) is 0.115. The molecule has 0 aliphatic carbocycles. The molecule has 104 valence electrons. The minimum atomic E-state index is -0.588. The molecular formula is C13H17ClN2O3. The largest absolute Gasteiger partial charge is 0.462 e. The highest BCUT2D eigenvalue weighted by molar-refractivity contribution is 6.36. The van der Waals surface area contributed by atoms with Gasteiger partial charge in [0.15, 0.2) is 0 Å². The fourth-order valence-corrected chi connectivity index (χ4v) is 1.62. The van der Waals surface area contributed by atoms with Crippen LogP contribution in [0.4, 0.5) is 5.69 Å². The Labute approximate surface area is 117 Å². The molecule has 0 radical (unpaired) electrons. The Morgan fingerprint density at radius 2 is 2.11 bits per heavy atom. The van der Waals surface area contributed by atoms with E-state index >= 15 is 0 Å². The van der Waals surface area contributed by atoms with Crippen LogP contribution in [0.1, 0.15) is 30.6 Å². The van der Waals surface area contributed by atoms with Crippen molar-refractivity contribution in [1.82, 2.24) is 5.32 Å². The fourth-order valence-electron chi connectivity index (χ4n) is 1.42. The smallest absolute Gasteiger partial charge is 0.339 e. The standard InChI is InChI=1S/C13H17ClN2O3/c1-8(2)16-11(17)6-7-19-13(18)9-4-3-5-10(15)12(9)14/h3-5,8H,6-7,15H2,1-2H3,(H,16,17). The summed E-state index contributed by atoms with van der Waals surface area (Å²) >= 11 is 5.89. The maximum absolute atomic E-state index is 11.7. The van der Waals surface area contributed by atoms with E-state index < -0.39 is 5.97 Å². The van der Waals surface area contributed by atoms with E-state index in [0.29, 0.717) is 5.69 Å². The van der Waals surface area contributed by atoms with Gasteiger partial charge in [-0.15, -0.1) is 0 Å². The van der Waals surface area contributed by atoms with Crippen LogP contribution in [-0.2, 0) is 9.53 Å². The molecule has 0 unspecified atom stereocenters. The van der Waals surface area contributed by atoms with Crippen molar-refractivity contribution in [3.05, 3.63) is 28.8 Å². The highest BCUT2D eigenvalue weighted by atomic mass is 35.5. The lowest BCUT2D eigenvalue weighted by atomic mass is 10.2. The molecule has 3 N–H and O–H groups in total. The van der Waals surface area contributed by atoms with E-state index in [4.69, 9.17) is 22.1 Å². The van der Waals surface area contributed by atoms with Gasteiger partial charge in [-0.2, -0.15) is 0 Å². The second-order valence-corrected chi connectivity index (χ2v) is 4.69. The van der Waals surface area contributed by atoms with Crippen LogP contribution in [0.2, 0.25) is 5.02 Å². The number of ether oxygens (including phenoxy) is 1. The monoisotopic (exact) mass is 284 g/mol. The molecular weight excluding hydrogens is 268 g/mol. The average Bonchev–Trinajstić information content (AvgIpc) is 2.31. The van der Waals surface area contributed by atoms with E-state index in [1.165, 1.54) is 6.07 Å². The normalized spacial score (nSPS) is 10.3. The summed E-state index contributed by atoms with van der Waals surface area (Å²) in [5, 5.41) is 2.87. The van der Waals surface area contributed by atoms with Gasteiger partial charge in [-0.1, -0.05) is 17.7 Å². The van der Waals surface area contributed by atoms with Gasteiger partial charge in [-0.05, 0) is 26.0 Å². The van der Waals surface area contributed by atoms with Crippen LogP contribution in [0.3, 0.4) is 0 Å². The quantitative estimate of drug-likeness (QED) is 0.640. The van der Waals surface area contributed by atoms with Crippen molar-refractivity contribution < 1.29 is 14.3 Å². The number of nitrogens with two attached hydrogens (primary N) is 1. The zero-order valence-corrected chi connectivity index (χ0v) is 11.7. The lowest BCUT2D eigenvalue weighted by Crippen LogP contribution is -2.31. The number of halogens is 1. The first kappa shape index (κ1) is 15.3. The number of anilines is 1. The first-order valence-corrected chi connectivity index (χ1v) is 6.30. The van der Waals surface area contributed by atoms with Gasteiger partial charge in [-0.25, -0.2) is 4.79 Å². The van der Waals surface area contributed by atoms with Crippen molar-refractivity contribution in [3.8, 4) is 0 Å². The summed E-state index contributed by atoms with van der Waals surface area (Å²) < 4.78 is 4.98. The van der Waals surface area contributed by atoms with Crippen molar-refractivity contribution in [2.24, 2.45) is 0 Å². The lowest BCUT2D eigenvalue weighted by Gasteiger charge is -2.09. The second kappa shape index (κ2) is 6.99. The van der Waals surface area contributed by atoms with Gasteiger partial charge in [0, 0.05) is 6.04 Å². The third-order valence-electron chi connectivity index (χ3n) is 2.26. The molecule has 19 heavy (non-hydrogen) atoms. The number of carbonyl (C=O) groups is 2. The Balaban J connectivity index is 2.48. The number of esters is 1. The van der Waals surface area contributed by atoms with E-state index in [1.807, 2.05) is 13.8 Å². The second-order valence-electron chi connectivity index (χ2n) is 4.32. The molecule has 5 nitrogen and oxygen atoms in total. The van der Waals surface area contributed by atoms with Crippen LogP contribution in [0.5, 0.6) is 0 Å². The lowest BCUT2D eigenvalue weighted by molar-refractivity contribution is -0.122. The van der Waals surface area contributed by atoms with Crippen LogP contribution in [0, 0.1) is 0 Å². The van der Waals surface area contributed by atoms with Gasteiger partial charge in [0.05, 0.1) is 22.7 Å². The van der Waals surface area contributed by atoms with Crippen LogP contribution in [-0.4, -0.2) is 24.5 Å². The van der Waals surface area contributed by atoms with E-state index in [1.54, 1.807) is 12.1 Å². The predicted octanol–water partition coefficient (Wildman–Crippen LogP) is 1.99. The third kappa shape index (κ3) is 4.79. The number of amides is 1. The molecule has 0 aliphatic rings. The van der Waals surface area contributed by atoms with Crippen molar-refractivity contribution in [2.75, 3.05) is 12.3 Å². The van der Waals surface area contributed by atoms with Crippen LogP contribution in [0.25, 0.3) is 0 Å². The third-order valence-corrected chi connectivity index (χ3v) is 2.68. The molecule has 0 atom stereocenters. The van der Waals surface area contributed by atoms with Gasteiger partial charge in [0.2, 0.25) is 5.91 Å². The highest BCUT2D eigenvalue weighted by Crippen LogP contribution is 2.23. The van der Waals surface area contributed by atoms with Gasteiger partial charge in [-0.3, -0.25) is 4.79 Å². The number of carbonyl (C=O) groups excluding carboxylic acids is 2. The average molecular weight is 285 g/mol. The van der Waals surface area contributed by atoms with Crippen molar-refractivity contribution in [3.63, 3.8) is 0 Å². The van der Waals surface area contributed by atoms with Gasteiger partial charge >= 0.3 is 5.97 Å². The summed E-state index contributed by atoms with van der Waals surface area (Å²) in [6.45, 7) is 3.72. The SMILES string of the molecule is CC(C)NC(=O)CCOC(=O)c1cccc(N)c1Cl. The first-order valence-electron chi connectivity index (χ1n) is 5.92. The topological polar surface area (TPSA) is 81.4 Å². The minimum absolute atomic E-state index is 0.00249. The number of nitrogens with one attached hydrogen (secondary N) is 1. The summed E-state index contributed by atoms with van der Waals surface area (Å²) in [7, 11) is 0. The number of benzene rings is 1. The van der Waals surface area contributed by atoms with E-state index in [9.17, 15) is 9.59 Å². The van der Waals surface area contributed by atoms with Crippen molar-refractivity contribution in [2.45, 2.75) is 26.3 Å². The zero-order valence-electron chi connectivity index (χ0n) is 10.9. The van der Waals surface area contributed by atoms with Gasteiger partial charge < -0.3 is 15.8 Å². The number of hydrogen-bond acceptors (Lipinski definition) is 4. The number of rotatable bonds is 5. The molecule has 0 aliphatic heterocycles. The molecule has 0 aromatic heterocycles. The Morgan fingerprint density at radius 3 is 2.74 bits per heavy atom.